The zero-order valence-electron chi connectivity index (χ0n) is 27.5. The summed E-state index contributed by atoms with van der Waals surface area (Å²) in [5, 5.41) is 12.8. The average molecular weight is 685 g/mol. The molecule has 0 bridgehead atoms. The number of hydrogen-bond acceptors (Lipinski definition) is 4. The Bertz CT molecular complexity index is 1800. The van der Waals surface area contributed by atoms with E-state index in [4.69, 9.17) is 4.74 Å². The number of nitrogens with one attached hydrogen (secondary N) is 1. The highest BCUT2D eigenvalue weighted by atomic mass is 19.4. The molecule has 6 rings (SSSR count). The van der Waals surface area contributed by atoms with Crippen LogP contribution < -0.4 is 10.1 Å². The van der Waals surface area contributed by atoms with Gasteiger partial charge in [0, 0.05) is 25.8 Å². The molecule has 1 aliphatic carbocycles. The number of nitrogens with zero attached hydrogens (tertiary/aromatic N) is 1. The number of rotatable bonds is 11. The van der Waals surface area contributed by atoms with Crippen molar-refractivity contribution in [1.82, 2.24) is 10.2 Å². The van der Waals surface area contributed by atoms with E-state index in [0.29, 0.717) is 17.7 Å². The quantitative estimate of drug-likeness (QED) is 0.170. The van der Waals surface area contributed by atoms with Gasteiger partial charge in [0.2, 0.25) is 11.8 Å². The van der Waals surface area contributed by atoms with Crippen LogP contribution in [0.4, 0.5) is 13.2 Å². The predicted octanol–water partition coefficient (Wildman–Crippen LogP) is 7.60. The maximum atomic E-state index is 13.9. The van der Waals surface area contributed by atoms with Gasteiger partial charge in [-0.15, -0.1) is 0 Å². The van der Waals surface area contributed by atoms with Crippen molar-refractivity contribution in [1.29, 1.82) is 0 Å². The molecule has 2 aliphatic rings. The summed E-state index contributed by atoms with van der Waals surface area (Å²) in [6, 6.07) is 25.4. The molecule has 7 nitrogen and oxygen atoms in total. The fourth-order valence-electron chi connectivity index (χ4n) is 6.85. The number of fused-ring (bicyclic) bond motifs is 1. The van der Waals surface area contributed by atoms with Gasteiger partial charge in [-0.3, -0.25) is 9.59 Å². The summed E-state index contributed by atoms with van der Waals surface area (Å²) in [5.74, 6) is -1.11. The molecule has 260 valence electrons. The highest BCUT2D eigenvalue weighted by Crippen LogP contribution is 2.33. The molecule has 1 fully saturated rings. The number of benzene rings is 4. The van der Waals surface area contributed by atoms with Crippen LogP contribution in [-0.2, 0) is 46.6 Å². The molecule has 2 amide bonds. The SMILES string of the molecule is O=C(O)[C@H](Cc1ccc(-c2ccccc2)cc1)NC(=O)[C@@H]1Cc2ccc(OCc3ccc(C(F)(F)F)cc3)cc2CN1C(=O)CC1CCCC1. The molecule has 0 unspecified atom stereocenters. The molecular weight excluding hydrogens is 645 g/mol. The first-order chi connectivity index (χ1) is 24.0. The number of carboxylic acid groups (broad SMARTS) is 1. The van der Waals surface area contributed by atoms with Crippen LogP contribution in [0.2, 0.25) is 0 Å². The van der Waals surface area contributed by atoms with Gasteiger partial charge in [0.25, 0.3) is 0 Å². The van der Waals surface area contributed by atoms with Gasteiger partial charge in [0.1, 0.15) is 24.4 Å². The van der Waals surface area contributed by atoms with Gasteiger partial charge in [-0.25, -0.2) is 4.79 Å². The third kappa shape index (κ3) is 8.53. The number of carboxylic acids is 1. The molecule has 4 aromatic carbocycles. The van der Waals surface area contributed by atoms with Crippen LogP contribution in [0.15, 0.2) is 97.1 Å². The van der Waals surface area contributed by atoms with E-state index in [0.717, 1.165) is 65.6 Å². The molecule has 0 aromatic heterocycles. The molecule has 0 spiro atoms. The van der Waals surface area contributed by atoms with Crippen LogP contribution in [0, 0.1) is 5.92 Å². The van der Waals surface area contributed by atoms with Crippen molar-refractivity contribution in [2.75, 3.05) is 0 Å². The van der Waals surface area contributed by atoms with Gasteiger partial charge < -0.3 is 20.1 Å². The predicted molar refractivity (Wildman–Crippen MR) is 182 cm³/mol. The Hall–Kier alpha value is -5.12. The monoisotopic (exact) mass is 684 g/mol. The first-order valence-electron chi connectivity index (χ1n) is 16.9. The van der Waals surface area contributed by atoms with Gasteiger partial charge in [-0.05, 0) is 76.4 Å². The van der Waals surface area contributed by atoms with E-state index >= 15 is 0 Å². The maximum Gasteiger partial charge on any atom is 0.416 e. The van der Waals surface area contributed by atoms with Gasteiger partial charge >= 0.3 is 12.1 Å². The lowest BCUT2D eigenvalue weighted by atomic mass is 9.91. The molecule has 2 atom stereocenters. The topological polar surface area (TPSA) is 95.9 Å². The summed E-state index contributed by atoms with van der Waals surface area (Å²) >= 11 is 0. The molecule has 1 saturated carbocycles. The van der Waals surface area contributed by atoms with E-state index in [1.165, 1.54) is 12.1 Å². The first-order valence-corrected chi connectivity index (χ1v) is 16.9. The Kier molecular flexibility index (Phi) is 10.6. The summed E-state index contributed by atoms with van der Waals surface area (Å²) in [5.41, 5.74) is 4.26. The van der Waals surface area contributed by atoms with E-state index in [1.807, 2.05) is 60.7 Å². The molecule has 10 heteroatoms. The number of hydrogen-bond donors (Lipinski definition) is 2. The summed E-state index contributed by atoms with van der Waals surface area (Å²) in [6.45, 7) is 0.201. The van der Waals surface area contributed by atoms with Gasteiger partial charge in [0.15, 0.2) is 0 Å². The summed E-state index contributed by atoms with van der Waals surface area (Å²) in [7, 11) is 0. The number of aliphatic carboxylic acids is 1. The van der Waals surface area contributed by atoms with E-state index in [9.17, 15) is 32.7 Å². The van der Waals surface area contributed by atoms with Crippen LogP contribution >= 0.6 is 0 Å². The zero-order chi connectivity index (χ0) is 35.3. The lowest BCUT2D eigenvalue weighted by molar-refractivity contribution is -0.145. The highest BCUT2D eigenvalue weighted by molar-refractivity contribution is 5.91. The maximum absolute atomic E-state index is 13.9. The number of carbonyl (C=O) groups is 3. The first kappa shape index (κ1) is 34.7. The Balaban J connectivity index is 1.16. The molecule has 2 N–H and O–H groups in total. The van der Waals surface area contributed by atoms with Crippen molar-refractivity contribution < 1.29 is 37.4 Å². The standard InChI is InChI=1S/C40H39F3N2O5/c41-40(42,43)33-17-12-28(13-18-33)25-50-34-19-16-31-23-36(45(24-32(31)22-34)37(46)21-26-6-4-5-7-26)38(47)44-35(39(48)49)20-27-10-14-30(15-11-27)29-8-2-1-3-9-29/h1-3,8-19,22,26,35-36H,4-7,20-21,23-25H2,(H,44,47)(H,48,49)/t35-,36-/m0/s1. The third-order valence-electron chi connectivity index (χ3n) is 9.67. The van der Waals surface area contributed by atoms with E-state index in [-0.39, 0.29) is 37.8 Å². The molecule has 0 radical (unpaired) electrons. The zero-order valence-corrected chi connectivity index (χ0v) is 27.5. The van der Waals surface area contributed by atoms with E-state index < -0.39 is 35.7 Å². The summed E-state index contributed by atoms with van der Waals surface area (Å²) in [6.07, 6.45) is 0.229. The average Bonchev–Trinajstić information content (AvgIpc) is 3.63. The van der Waals surface area contributed by atoms with E-state index in [1.54, 1.807) is 17.0 Å². The summed E-state index contributed by atoms with van der Waals surface area (Å²) in [4.78, 5) is 41.5. The Morgan fingerprint density at radius 3 is 2.16 bits per heavy atom. The van der Waals surface area contributed by atoms with Crippen molar-refractivity contribution in [3.8, 4) is 16.9 Å². The van der Waals surface area contributed by atoms with Crippen LogP contribution in [-0.4, -0.2) is 39.9 Å². The summed E-state index contributed by atoms with van der Waals surface area (Å²) < 4.78 is 44.7. The Morgan fingerprint density at radius 1 is 0.840 bits per heavy atom. The lowest BCUT2D eigenvalue weighted by Crippen LogP contribution is -2.56. The van der Waals surface area contributed by atoms with Gasteiger partial charge in [0.05, 0.1) is 5.56 Å². The van der Waals surface area contributed by atoms with Crippen molar-refractivity contribution in [3.63, 3.8) is 0 Å². The molecule has 50 heavy (non-hydrogen) atoms. The third-order valence-corrected chi connectivity index (χ3v) is 9.67. The lowest BCUT2D eigenvalue weighted by Gasteiger charge is -2.37. The minimum Gasteiger partial charge on any atom is -0.489 e. The van der Waals surface area contributed by atoms with Crippen LogP contribution in [0.25, 0.3) is 11.1 Å². The normalized spacial score (nSPS) is 16.8. The van der Waals surface area contributed by atoms with Crippen molar-refractivity contribution >= 4 is 17.8 Å². The molecule has 1 aliphatic heterocycles. The van der Waals surface area contributed by atoms with Crippen LogP contribution in [0.5, 0.6) is 5.75 Å². The second-order valence-corrected chi connectivity index (χ2v) is 13.2. The van der Waals surface area contributed by atoms with Crippen molar-refractivity contribution in [2.45, 2.75) is 76.4 Å². The second kappa shape index (κ2) is 15.2. The minimum absolute atomic E-state index is 0.0534. The van der Waals surface area contributed by atoms with Crippen molar-refractivity contribution in [3.05, 3.63) is 125 Å². The second-order valence-electron chi connectivity index (χ2n) is 13.2. The Morgan fingerprint density at radius 2 is 1.50 bits per heavy atom. The highest BCUT2D eigenvalue weighted by Gasteiger charge is 2.37. The Labute approximate surface area is 289 Å². The largest absolute Gasteiger partial charge is 0.489 e. The minimum atomic E-state index is -4.42. The molecule has 1 heterocycles. The van der Waals surface area contributed by atoms with Crippen LogP contribution in [0.3, 0.4) is 0 Å². The van der Waals surface area contributed by atoms with Crippen LogP contribution in [0.1, 0.15) is 59.9 Å². The number of alkyl halides is 3. The fourth-order valence-corrected chi connectivity index (χ4v) is 6.85. The number of amides is 2. The van der Waals surface area contributed by atoms with Gasteiger partial charge in [-0.2, -0.15) is 13.2 Å². The molecule has 0 saturated heterocycles. The van der Waals surface area contributed by atoms with Gasteiger partial charge in [-0.1, -0.05) is 85.6 Å². The smallest absolute Gasteiger partial charge is 0.416 e. The number of ether oxygens (including phenoxy) is 1. The molecular formula is C40H39F3N2O5. The number of halogens is 3. The van der Waals surface area contributed by atoms with E-state index in [2.05, 4.69) is 5.32 Å². The fraction of sp³-hybridized carbons (Fsp3) is 0.325. The van der Waals surface area contributed by atoms with Crippen molar-refractivity contribution in [2.24, 2.45) is 5.92 Å². The molecule has 4 aromatic rings. The number of carbonyl (C=O) groups excluding carboxylic acids is 2.